The van der Waals surface area contributed by atoms with Gasteiger partial charge in [0.15, 0.2) is 8.07 Å². The van der Waals surface area contributed by atoms with Crippen molar-refractivity contribution >= 4 is 41.4 Å². The quantitative estimate of drug-likeness (QED) is 0.322. The van der Waals surface area contributed by atoms with Crippen molar-refractivity contribution in [1.29, 1.82) is 0 Å². The second kappa shape index (κ2) is 8.70. The molecule has 1 saturated heterocycles. The SMILES string of the molecule is [2H]c1c([2H])c([2H])c([Si](c2c([2H])c([2H])c([2H])c([2H])c2[2H])(c2c([2H])c([2H])c([2H])c([2H])c2[2H])c2c([2H])c([2H])c([2H])c(B3OC(C)(C)C(C)(C)O3)c2[2H])c([2H])c1[2H]. The van der Waals surface area contributed by atoms with Crippen molar-refractivity contribution in [2.24, 2.45) is 0 Å². The molecule has 2 nitrogen and oxygen atoms in total. The monoisotopic (exact) mass is 481 g/mol. The van der Waals surface area contributed by atoms with Crippen LogP contribution in [0.25, 0.3) is 0 Å². The van der Waals surface area contributed by atoms with E-state index in [4.69, 9.17) is 24.4 Å². The van der Waals surface area contributed by atoms with Gasteiger partial charge in [0.2, 0.25) is 0 Å². The molecule has 1 aliphatic rings. The van der Waals surface area contributed by atoms with Crippen LogP contribution in [-0.4, -0.2) is 26.4 Å². The molecule has 0 N–H and O–H groups in total. The molecular formula is C30H31BO2Si. The Hall–Kier alpha value is -2.92. The maximum Gasteiger partial charge on any atom is 0.494 e. The molecule has 0 saturated carbocycles. The number of hydrogen-bond donors (Lipinski definition) is 0. The van der Waals surface area contributed by atoms with Crippen molar-refractivity contribution in [3.8, 4) is 0 Å². The molecule has 0 unspecified atom stereocenters. The molecule has 0 atom stereocenters. The molecule has 4 aromatic carbocycles. The molecule has 0 bridgehead atoms. The average molecular weight is 482 g/mol. The number of benzene rings is 4. The van der Waals surface area contributed by atoms with Crippen LogP contribution in [0.5, 0.6) is 0 Å². The normalized spacial score (nSPS) is 24.8. The highest BCUT2D eigenvalue weighted by molar-refractivity contribution is 7.20. The molecule has 1 aliphatic heterocycles. The van der Waals surface area contributed by atoms with Crippen LogP contribution in [0.1, 0.15) is 53.7 Å². The highest BCUT2D eigenvalue weighted by Gasteiger charge is 2.52. The third-order valence-corrected chi connectivity index (χ3v) is 10.1. The molecule has 1 heterocycles. The van der Waals surface area contributed by atoms with Gasteiger partial charge in [0.05, 0.1) is 37.2 Å². The van der Waals surface area contributed by atoms with Crippen molar-refractivity contribution in [2.75, 3.05) is 0 Å². The van der Waals surface area contributed by atoms with Gasteiger partial charge in [0.25, 0.3) is 0 Å². The molecule has 0 amide bonds. The highest BCUT2D eigenvalue weighted by atomic mass is 28.3. The van der Waals surface area contributed by atoms with Gasteiger partial charge in [-0.15, -0.1) is 0 Å². The van der Waals surface area contributed by atoms with Crippen molar-refractivity contribution in [2.45, 2.75) is 38.9 Å². The lowest BCUT2D eigenvalue weighted by molar-refractivity contribution is 0.00578. The van der Waals surface area contributed by atoms with E-state index in [9.17, 15) is 11.0 Å². The molecule has 4 heteroatoms. The maximum absolute atomic E-state index is 9.72. The van der Waals surface area contributed by atoms with Crippen LogP contribution >= 0.6 is 0 Å². The molecule has 34 heavy (non-hydrogen) atoms. The first-order valence-electron chi connectivity index (χ1n) is 19.9. The van der Waals surface area contributed by atoms with Gasteiger partial charge in [-0.3, -0.25) is 0 Å². The zero-order valence-corrected chi connectivity index (χ0v) is 19.9. The summed E-state index contributed by atoms with van der Waals surface area (Å²) >= 11 is 0. The summed E-state index contributed by atoms with van der Waals surface area (Å²) in [6.07, 6.45) is 0. The molecular weight excluding hydrogens is 431 g/mol. The zero-order valence-electron chi connectivity index (χ0n) is 37.9. The van der Waals surface area contributed by atoms with Gasteiger partial charge in [-0.2, -0.15) is 0 Å². The Morgan fingerprint density at radius 1 is 0.559 bits per heavy atom. The van der Waals surface area contributed by atoms with Crippen LogP contribution in [0.2, 0.25) is 0 Å². The van der Waals surface area contributed by atoms with E-state index < -0.39 is 167 Å². The number of rotatable bonds is 5. The molecule has 5 rings (SSSR count). The summed E-state index contributed by atoms with van der Waals surface area (Å²) in [5, 5.41) is -3.61. The van der Waals surface area contributed by atoms with Crippen molar-refractivity contribution in [3.05, 3.63) is 115 Å². The molecule has 0 aliphatic carbocycles. The zero-order chi connectivity index (χ0) is 40.3. The largest absolute Gasteiger partial charge is 0.494 e. The lowest BCUT2D eigenvalue weighted by Crippen LogP contribution is -2.75. The lowest BCUT2D eigenvalue weighted by Gasteiger charge is -2.34. The van der Waals surface area contributed by atoms with E-state index in [1.807, 2.05) is 0 Å². The summed E-state index contributed by atoms with van der Waals surface area (Å²) in [4.78, 5) is 0. The second-order valence-electron chi connectivity index (χ2n) is 8.63. The van der Waals surface area contributed by atoms with Gasteiger partial charge in [-0.05, 0) is 53.9 Å². The topological polar surface area (TPSA) is 18.5 Å². The molecule has 4 aromatic rings. The summed E-state index contributed by atoms with van der Waals surface area (Å²) in [5.74, 6) is 0. The predicted molar refractivity (Wildman–Crippen MR) is 146 cm³/mol. The van der Waals surface area contributed by atoms with Crippen molar-refractivity contribution in [1.82, 2.24) is 0 Å². The molecule has 0 spiro atoms. The van der Waals surface area contributed by atoms with Crippen LogP contribution in [0.15, 0.2) is 115 Å². The minimum absolute atomic E-state index is 0.524. The Morgan fingerprint density at radius 2 is 0.941 bits per heavy atom. The van der Waals surface area contributed by atoms with E-state index in [1.54, 1.807) is 27.7 Å². The number of hydrogen-bond acceptors (Lipinski definition) is 2. The molecule has 1 fully saturated rings. The van der Waals surface area contributed by atoms with E-state index in [0.29, 0.717) is 0 Å². The fourth-order valence-electron chi connectivity index (χ4n) is 3.69. The summed E-state index contributed by atoms with van der Waals surface area (Å²) in [5.41, 5.74) is -2.75. The van der Waals surface area contributed by atoms with E-state index in [1.165, 1.54) is 0 Å². The molecule has 0 aromatic heterocycles. The first-order chi connectivity index (χ1) is 24.2. The Kier molecular flexibility index (Phi) is 2.46. The van der Waals surface area contributed by atoms with E-state index in [0.717, 1.165) is 0 Å². The van der Waals surface area contributed by atoms with Gasteiger partial charge >= 0.3 is 7.12 Å². The van der Waals surface area contributed by atoms with E-state index in [2.05, 4.69) is 0 Å². The van der Waals surface area contributed by atoms with Crippen LogP contribution in [0, 0.1) is 0 Å². The molecule has 170 valence electrons. The van der Waals surface area contributed by atoms with E-state index in [-0.39, 0.29) is 0 Å². The Balaban J connectivity index is 2.30. The molecule has 0 radical (unpaired) electrons. The maximum atomic E-state index is 9.72. The fourth-order valence-corrected chi connectivity index (χ4v) is 7.26. The Labute approximate surface area is 231 Å². The van der Waals surface area contributed by atoms with Crippen LogP contribution in [0.4, 0.5) is 0 Å². The third-order valence-electron chi connectivity index (χ3n) is 6.13. The van der Waals surface area contributed by atoms with Gasteiger partial charge in [0.1, 0.15) is 0 Å². The van der Waals surface area contributed by atoms with Crippen molar-refractivity contribution < 1.29 is 35.4 Å². The summed E-state index contributed by atoms with van der Waals surface area (Å²) in [6.45, 7) is 6.58. The first-order valence-corrected chi connectivity index (χ1v) is 12.4. The summed E-state index contributed by atoms with van der Waals surface area (Å²) in [7, 11) is -7.54. The van der Waals surface area contributed by atoms with Gasteiger partial charge in [-0.1, -0.05) is 115 Å². The third kappa shape index (κ3) is 3.76. The Morgan fingerprint density at radius 3 is 1.35 bits per heavy atom. The highest BCUT2D eigenvalue weighted by Crippen LogP contribution is 2.36. The lowest BCUT2D eigenvalue weighted by atomic mass is 9.79. The predicted octanol–water partition coefficient (Wildman–Crippen LogP) is 3.36. The van der Waals surface area contributed by atoms with Gasteiger partial charge in [-0.25, -0.2) is 0 Å². The Bertz CT molecular complexity index is 2010. The summed E-state index contributed by atoms with van der Waals surface area (Å²) < 4.78 is 181. The van der Waals surface area contributed by atoms with Gasteiger partial charge < -0.3 is 9.31 Å². The standard InChI is InChI=1S/C30H31BO2Si/c1-29(2)30(3,4)33-31(32-29)24-15-14-22-28(23-24)34(25-16-8-5-9-17-25,26-18-10-6-11-19-26)27-20-12-7-13-21-27/h5-23H,1-4H3/i5D,6D,7D,8D,9D,10D,11D,12D,13D,14D,15D,16D,17D,18D,19D,20D,21D,22D,23D. The summed E-state index contributed by atoms with van der Waals surface area (Å²) in [6, 6.07) is -19.2. The smallest absolute Gasteiger partial charge is 0.399 e. The van der Waals surface area contributed by atoms with Gasteiger partial charge in [0, 0.05) is 0 Å². The minimum atomic E-state index is -5.91. The van der Waals surface area contributed by atoms with Crippen LogP contribution in [0.3, 0.4) is 0 Å². The van der Waals surface area contributed by atoms with Crippen LogP contribution in [-0.2, 0) is 9.31 Å². The first kappa shape index (κ1) is 9.62. The fraction of sp³-hybridized carbons (Fsp3) is 0.200. The minimum Gasteiger partial charge on any atom is -0.399 e. The van der Waals surface area contributed by atoms with Crippen molar-refractivity contribution in [3.63, 3.8) is 0 Å². The second-order valence-corrected chi connectivity index (χ2v) is 12.1. The van der Waals surface area contributed by atoms with Crippen LogP contribution < -0.4 is 26.2 Å². The average Bonchev–Trinajstić information content (AvgIpc) is 3.30. The van der Waals surface area contributed by atoms with E-state index >= 15 is 0 Å².